The Morgan fingerprint density at radius 2 is 2.00 bits per heavy atom. The van der Waals surface area contributed by atoms with E-state index in [9.17, 15) is 4.39 Å². The van der Waals surface area contributed by atoms with Gasteiger partial charge in [-0.05, 0) is 44.0 Å². The van der Waals surface area contributed by atoms with Crippen molar-refractivity contribution in [3.63, 3.8) is 0 Å². The van der Waals surface area contributed by atoms with Gasteiger partial charge in [0.1, 0.15) is 5.82 Å². The Labute approximate surface area is 106 Å². The molecule has 96 valence electrons. The van der Waals surface area contributed by atoms with Crippen LogP contribution in [0.4, 0.5) is 4.39 Å². The predicted octanol–water partition coefficient (Wildman–Crippen LogP) is 2.86. The first-order chi connectivity index (χ1) is 8.41. The molecule has 2 N–H and O–H groups in total. The van der Waals surface area contributed by atoms with Crippen molar-refractivity contribution in [3.8, 4) is 11.1 Å². The van der Waals surface area contributed by atoms with Crippen LogP contribution >= 0.6 is 0 Å². The number of halogens is 1. The zero-order chi connectivity index (χ0) is 13.4. The minimum Gasteiger partial charge on any atom is -0.324 e. The molecule has 3 nitrogen and oxygen atoms in total. The van der Waals surface area contributed by atoms with Crippen LogP contribution in [0.1, 0.15) is 29.9 Å². The number of aromatic nitrogens is 2. The average molecular weight is 247 g/mol. The van der Waals surface area contributed by atoms with E-state index in [1.807, 2.05) is 27.8 Å². The molecule has 0 aliphatic heterocycles. The molecule has 1 heterocycles. The van der Waals surface area contributed by atoms with Crippen LogP contribution in [0, 0.1) is 19.7 Å². The number of nitrogens with zero attached hydrogens (tertiary/aromatic N) is 2. The van der Waals surface area contributed by atoms with Gasteiger partial charge in [-0.15, -0.1) is 0 Å². The highest BCUT2D eigenvalue weighted by atomic mass is 19.1. The Hall–Kier alpha value is -1.68. The van der Waals surface area contributed by atoms with Crippen LogP contribution in [0.2, 0.25) is 0 Å². The fraction of sp³-hybridized carbons (Fsp3) is 0.357. The lowest BCUT2D eigenvalue weighted by atomic mass is 9.94. The summed E-state index contributed by atoms with van der Waals surface area (Å²) in [4.78, 5) is 0. The summed E-state index contributed by atoms with van der Waals surface area (Å²) in [6.07, 6.45) is 0. The van der Waals surface area contributed by atoms with Gasteiger partial charge >= 0.3 is 0 Å². The molecule has 0 fully saturated rings. The highest BCUT2D eigenvalue weighted by molar-refractivity contribution is 5.72. The molecule has 18 heavy (non-hydrogen) atoms. The third-order valence-corrected chi connectivity index (χ3v) is 3.28. The maximum absolute atomic E-state index is 13.5. The number of aryl methyl sites for hydroxylation is 2. The number of hydrogen-bond acceptors (Lipinski definition) is 2. The first-order valence-corrected chi connectivity index (χ1v) is 5.97. The zero-order valence-electron chi connectivity index (χ0n) is 11.2. The molecule has 2 rings (SSSR count). The van der Waals surface area contributed by atoms with Crippen LogP contribution in [0.5, 0.6) is 0 Å². The van der Waals surface area contributed by atoms with Gasteiger partial charge in [0.2, 0.25) is 0 Å². The Kier molecular flexibility index (Phi) is 3.22. The molecule has 1 unspecified atom stereocenters. The highest BCUT2D eigenvalue weighted by Crippen LogP contribution is 2.32. The monoisotopic (exact) mass is 247 g/mol. The standard InChI is InChI=1S/C14H18FN3/c1-8(16)12-6-5-11(15)7-13(12)14-9(2)17-18(4)10(14)3/h5-8H,16H2,1-4H3. The van der Waals surface area contributed by atoms with Gasteiger partial charge in [-0.3, -0.25) is 4.68 Å². The summed E-state index contributed by atoms with van der Waals surface area (Å²) in [5.74, 6) is -0.253. The van der Waals surface area contributed by atoms with Crippen molar-refractivity contribution in [1.29, 1.82) is 0 Å². The van der Waals surface area contributed by atoms with Crippen LogP contribution in [0.25, 0.3) is 11.1 Å². The summed E-state index contributed by atoms with van der Waals surface area (Å²) < 4.78 is 15.3. The quantitative estimate of drug-likeness (QED) is 0.886. The molecular weight excluding hydrogens is 229 g/mol. The van der Waals surface area contributed by atoms with Crippen molar-refractivity contribution in [2.45, 2.75) is 26.8 Å². The van der Waals surface area contributed by atoms with Crippen molar-refractivity contribution in [2.75, 3.05) is 0 Å². The summed E-state index contributed by atoms with van der Waals surface area (Å²) in [5, 5.41) is 4.37. The minimum absolute atomic E-state index is 0.139. The van der Waals surface area contributed by atoms with Crippen molar-refractivity contribution < 1.29 is 4.39 Å². The SMILES string of the molecule is Cc1nn(C)c(C)c1-c1cc(F)ccc1C(C)N. The van der Waals surface area contributed by atoms with E-state index in [4.69, 9.17) is 5.73 Å². The van der Waals surface area contributed by atoms with Gasteiger partial charge in [-0.25, -0.2) is 4.39 Å². The van der Waals surface area contributed by atoms with E-state index in [0.29, 0.717) is 0 Å². The molecule has 0 aliphatic carbocycles. The van der Waals surface area contributed by atoms with Gasteiger partial charge in [0.15, 0.2) is 0 Å². The van der Waals surface area contributed by atoms with Gasteiger partial charge in [0.25, 0.3) is 0 Å². The Balaban J connectivity index is 2.73. The molecular formula is C14H18FN3. The van der Waals surface area contributed by atoms with Crippen LogP contribution in [-0.2, 0) is 7.05 Å². The van der Waals surface area contributed by atoms with Crippen LogP contribution in [0.3, 0.4) is 0 Å². The van der Waals surface area contributed by atoms with Crippen molar-refractivity contribution >= 4 is 0 Å². The lowest BCUT2D eigenvalue weighted by Crippen LogP contribution is -2.07. The maximum Gasteiger partial charge on any atom is 0.123 e. The first-order valence-electron chi connectivity index (χ1n) is 5.97. The Morgan fingerprint density at radius 3 is 2.50 bits per heavy atom. The summed E-state index contributed by atoms with van der Waals surface area (Å²) in [7, 11) is 1.89. The third kappa shape index (κ3) is 2.04. The van der Waals surface area contributed by atoms with E-state index < -0.39 is 0 Å². The first kappa shape index (κ1) is 12.8. The second-order valence-electron chi connectivity index (χ2n) is 4.69. The Bertz CT molecular complexity index is 585. The van der Waals surface area contributed by atoms with Crippen molar-refractivity contribution in [2.24, 2.45) is 12.8 Å². The van der Waals surface area contributed by atoms with Gasteiger partial charge < -0.3 is 5.73 Å². The largest absolute Gasteiger partial charge is 0.324 e. The van der Waals surface area contributed by atoms with Crippen molar-refractivity contribution in [3.05, 3.63) is 41.0 Å². The van der Waals surface area contributed by atoms with Gasteiger partial charge in [0.05, 0.1) is 5.69 Å². The lowest BCUT2D eigenvalue weighted by Gasteiger charge is -2.13. The zero-order valence-corrected chi connectivity index (χ0v) is 11.2. The molecule has 0 amide bonds. The smallest absolute Gasteiger partial charge is 0.123 e. The fourth-order valence-corrected chi connectivity index (χ4v) is 2.31. The summed E-state index contributed by atoms with van der Waals surface area (Å²) >= 11 is 0. The summed E-state index contributed by atoms with van der Waals surface area (Å²) in [5.41, 5.74) is 10.6. The number of benzene rings is 1. The molecule has 0 radical (unpaired) electrons. The second-order valence-corrected chi connectivity index (χ2v) is 4.69. The molecule has 1 aromatic heterocycles. The van der Waals surface area contributed by atoms with E-state index in [0.717, 1.165) is 28.1 Å². The lowest BCUT2D eigenvalue weighted by molar-refractivity contribution is 0.626. The number of rotatable bonds is 2. The van der Waals surface area contributed by atoms with Gasteiger partial charge in [-0.2, -0.15) is 5.10 Å². The summed E-state index contributed by atoms with van der Waals surface area (Å²) in [6.45, 7) is 5.81. The Morgan fingerprint density at radius 1 is 1.33 bits per heavy atom. The maximum atomic E-state index is 13.5. The molecule has 2 aromatic rings. The normalized spacial score (nSPS) is 12.8. The summed E-state index contributed by atoms with van der Waals surface area (Å²) in [6, 6.07) is 4.60. The topological polar surface area (TPSA) is 43.8 Å². The second kappa shape index (κ2) is 4.53. The molecule has 0 spiro atoms. The van der Waals surface area contributed by atoms with E-state index in [1.54, 1.807) is 10.7 Å². The third-order valence-electron chi connectivity index (χ3n) is 3.28. The van der Waals surface area contributed by atoms with E-state index in [-0.39, 0.29) is 11.9 Å². The predicted molar refractivity (Wildman–Crippen MR) is 70.7 cm³/mol. The van der Waals surface area contributed by atoms with Crippen LogP contribution < -0.4 is 5.73 Å². The molecule has 0 bridgehead atoms. The molecule has 1 atom stereocenters. The van der Waals surface area contributed by atoms with Crippen LogP contribution in [-0.4, -0.2) is 9.78 Å². The molecule has 0 saturated heterocycles. The fourth-order valence-electron chi connectivity index (χ4n) is 2.31. The molecule has 1 aromatic carbocycles. The minimum atomic E-state index is -0.253. The van der Waals surface area contributed by atoms with Crippen LogP contribution in [0.15, 0.2) is 18.2 Å². The number of nitrogens with two attached hydrogens (primary N) is 1. The van der Waals surface area contributed by atoms with E-state index >= 15 is 0 Å². The van der Waals surface area contributed by atoms with E-state index in [1.165, 1.54) is 12.1 Å². The molecule has 0 aliphatic rings. The molecule has 0 saturated carbocycles. The number of hydrogen-bond donors (Lipinski definition) is 1. The van der Waals surface area contributed by atoms with Gasteiger partial charge in [0, 0.05) is 24.3 Å². The highest BCUT2D eigenvalue weighted by Gasteiger charge is 2.17. The average Bonchev–Trinajstić information content (AvgIpc) is 2.52. The van der Waals surface area contributed by atoms with Gasteiger partial charge in [-0.1, -0.05) is 6.07 Å². The molecule has 4 heteroatoms. The van der Waals surface area contributed by atoms with Crippen molar-refractivity contribution in [1.82, 2.24) is 9.78 Å². The van der Waals surface area contributed by atoms with E-state index in [2.05, 4.69) is 5.10 Å².